The average molecular weight is 698 g/mol. The molecule has 4 aromatic carbocycles. The SMILES string of the molecule is CC(CCc1ccccc1)Nc1c(F)c(Oc2cccc(C(=N)N)c2)nc(Oc2ccc(C(=O)NCc3ccc(O)c(O)c3)cc2C(=O)O)c1F. The Labute approximate surface area is 290 Å². The zero-order valence-corrected chi connectivity index (χ0v) is 27.1. The minimum absolute atomic E-state index is 0.0267. The van der Waals surface area contributed by atoms with Gasteiger partial charge in [-0.2, -0.15) is 13.8 Å². The van der Waals surface area contributed by atoms with Crippen LogP contribution in [0.4, 0.5) is 14.5 Å². The van der Waals surface area contributed by atoms with Gasteiger partial charge in [-0.25, -0.2) is 4.79 Å². The summed E-state index contributed by atoms with van der Waals surface area (Å²) < 4.78 is 43.3. The van der Waals surface area contributed by atoms with Crippen LogP contribution in [0.15, 0.2) is 91.0 Å². The standard InChI is InChI=1S/C37H33F2N5O7/c1-20(10-11-21-6-3-2-4-7-21)43-32-30(38)35(50-25-9-5-8-23(17-25)33(40)41)44-36(31(32)39)51-29-15-13-24(18-26(29)37(48)49)34(47)42-19-22-12-14-27(45)28(46)16-22/h2-9,12-18,20,45-46H,10-11,19H2,1H3,(H3,40,41)(H,42,47)(H,43,44)(H,48,49). The van der Waals surface area contributed by atoms with Gasteiger partial charge in [0.15, 0.2) is 11.5 Å². The molecule has 0 aliphatic rings. The number of nitrogen functional groups attached to an aromatic ring is 1. The maximum absolute atomic E-state index is 16.1. The number of carboxylic acid groups (broad SMARTS) is 1. The second kappa shape index (κ2) is 15.7. The molecule has 262 valence electrons. The van der Waals surface area contributed by atoms with Crippen molar-refractivity contribution in [2.75, 3.05) is 5.32 Å². The zero-order chi connectivity index (χ0) is 36.7. The predicted molar refractivity (Wildman–Crippen MR) is 184 cm³/mol. The van der Waals surface area contributed by atoms with E-state index < -0.39 is 58.3 Å². The number of nitrogens with two attached hydrogens (primary N) is 1. The molecule has 0 radical (unpaired) electrons. The Morgan fingerprint density at radius 3 is 2.27 bits per heavy atom. The van der Waals surface area contributed by atoms with Crippen LogP contribution in [0.2, 0.25) is 0 Å². The van der Waals surface area contributed by atoms with Gasteiger partial charge < -0.3 is 41.2 Å². The maximum Gasteiger partial charge on any atom is 0.339 e. The van der Waals surface area contributed by atoms with E-state index >= 15 is 8.78 Å². The number of aryl methyl sites for hydroxylation is 1. The highest BCUT2D eigenvalue weighted by molar-refractivity contribution is 5.99. The summed E-state index contributed by atoms with van der Waals surface area (Å²) in [6.07, 6.45) is 1.09. The molecule has 8 N–H and O–H groups in total. The lowest BCUT2D eigenvalue weighted by atomic mass is 10.1. The number of ether oxygens (including phenoxy) is 2. The third kappa shape index (κ3) is 8.86. The molecule has 5 rings (SSSR count). The monoisotopic (exact) mass is 697 g/mol. The van der Waals surface area contributed by atoms with Crippen LogP contribution in [0.5, 0.6) is 34.8 Å². The number of nitrogens with zero attached hydrogens (tertiary/aromatic N) is 1. The number of rotatable bonds is 14. The number of phenolic OH excluding ortho intramolecular Hbond substituents is 2. The zero-order valence-electron chi connectivity index (χ0n) is 27.1. The Morgan fingerprint density at radius 1 is 0.863 bits per heavy atom. The highest BCUT2D eigenvalue weighted by Crippen LogP contribution is 2.38. The minimum atomic E-state index is -1.52. The topological polar surface area (TPSA) is 200 Å². The summed E-state index contributed by atoms with van der Waals surface area (Å²) >= 11 is 0. The molecule has 0 saturated heterocycles. The lowest BCUT2D eigenvalue weighted by molar-refractivity contribution is 0.0694. The number of amides is 1. The molecule has 14 heteroatoms. The number of phenols is 2. The predicted octanol–water partition coefficient (Wildman–Crippen LogP) is 6.70. The molecular weight excluding hydrogens is 664 g/mol. The number of aromatic nitrogens is 1. The van der Waals surface area contributed by atoms with E-state index in [-0.39, 0.29) is 40.8 Å². The van der Waals surface area contributed by atoms with Crippen LogP contribution < -0.4 is 25.8 Å². The Hall–Kier alpha value is -6.70. The Kier molecular flexibility index (Phi) is 10.9. The van der Waals surface area contributed by atoms with E-state index in [4.69, 9.17) is 20.6 Å². The van der Waals surface area contributed by atoms with Crippen LogP contribution in [0.25, 0.3) is 0 Å². The molecule has 12 nitrogen and oxygen atoms in total. The number of amidine groups is 1. The number of halogens is 2. The minimum Gasteiger partial charge on any atom is -0.504 e. The van der Waals surface area contributed by atoms with Gasteiger partial charge in [-0.15, -0.1) is 0 Å². The van der Waals surface area contributed by atoms with Crippen LogP contribution >= 0.6 is 0 Å². The van der Waals surface area contributed by atoms with Crippen LogP contribution in [-0.4, -0.2) is 44.1 Å². The molecule has 1 heterocycles. The van der Waals surface area contributed by atoms with E-state index in [2.05, 4.69) is 15.6 Å². The maximum atomic E-state index is 16.1. The van der Waals surface area contributed by atoms with Crippen molar-refractivity contribution in [1.82, 2.24) is 10.3 Å². The molecule has 51 heavy (non-hydrogen) atoms. The van der Waals surface area contributed by atoms with Gasteiger partial charge in [0.25, 0.3) is 17.7 Å². The summed E-state index contributed by atoms with van der Waals surface area (Å²) in [5.41, 5.74) is 6.09. The second-order valence-electron chi connectivity index (χ2n) is 11.5. The highest BCUT2D eigenvalue weighted by atomic mass is 19.1. The van der Waals surface area contributed by atoms with Gasteiger partial charge in [-0.1, -0.05) is 48.5 Å². The fourth-order valence-electron chi connectivity index (χ4n) is 4.94. The van der Waals surface area contributed by atoms with E-state index in [1.807, 2.05) is 30.3 Å². The summed E-state index contributed by atoms with van der Waals surface area (Å²) in [4.78, 5) is 29.0. The van der Waals surface area contributed by atoms with Crippen molar-refractivity contribution in [3.8, 4) is 34.8 Å². The smallest absolute Gasteiger partial charge is 0.339 e. The van der Waals surface area contributed by atoms with Crippen LogP contribution in [0.3, 0.4) is 0 Å². The molecule has 0 aliphatic heterocycles. The van der Waals surface area contributed by atoms with E-state index in [9.17, 15) is 24.9 Å². The van der Waals surface area contributed by atoms with Crippen molar-refractivity contribution >= 4 is 23.4 Å². The highest BCUT2D eigenvalue weighted by Gasteiger charge is 2.26. The number of hydrogen-bond acceptors (Lipinski definition) is 9. The lowest BCUT2D eigenvalue weighted by Gasteiger charge is -2.19. The van der Waals surface area contributed by atoms with Gasteiger partial charge in [0.05, 0.1) is 0 Å². The average Bonchev–Trinajstić information content (AvgIpc) is 3.12. The summed E-state index contributed by atoms with van der Waals surface area (Å²) in [6, 6.07) is 22.3. The lowest BCUT2D eigenvalue weighted by Crippen LogP contribution is -2.23. The van der Waals surface area contributed by atoms with Gasteiger partial charge in [0.1, 0.15) is 28.6 Å². The quantitative estimate of drug-likeness (QED) is 0.0372. The first-order valence-corrected chi connectivity index (χ1v) is 15.6. The van der Waals surface area contributed by atoms with Crippen LogP contribution in [0.1, 0.15) is 50.8 Å². The molecule has 5 aromatic rings. The van der Waals surface area contributed by atoms with Crippen molar-refractivity contribution in [3.05, 3.63) is 130 Å². The number of hydrogen-bond donors (Lipinski definition) is 7. The second-order valence-corrected chi connectivity index (χ2v) is 11.5. The fourth-order valence-corrected chi connectivity index (χ4v) is 4.94. The number of carbonyl (C=O) groups excluding carboxylic acids is 1. The van der Waals surface area contributed by atoms with Gasteiger partial charge in [0.2, 0.25) is 11.6 Å². The normalized spacial score (nSPS) is 11.4. The van der Waals surface area contributed by atoms with E-state index in [1.165, 1.54) is 48.5 Å². The van der Waals surface area contributed by atoms with Gasteiger partial charge in [-0.3, -0.25) is 10.2 Å². The van der Waals surface area contributed by atoms with E-state index in [0.29, 0.717) is 18.4 Å². The first-order valence-electron chi connectivity index (χ1n) is 15.6. The molecule has 0 bridgehead atoms. The molecule has 0 fully saturated rings. The number of aromatic hydroxyl groups is 2. The first-order chi connectivity index (χ1) is 24.4. The molecule has 1 aromatic heterocycles. The molecule has 0 aliphatic carbocycles. The van der Waals surface area contributed by atoms with E-state index in [1.54, 1.807) is 6.92 Å². The van der Waals surface area contributed by atoms with Gasteiger partial charge in [-0.05, 0) is 73.4 Å². The molecule has 1 atom stereocenters. The van der Waals surface area contributed by atoms with Crippen molar-refractivity contribution in [1.29, 1.82) is 5.41 Å². The number of benzene rings is 4. The third-order valence-electron chi connectivity index (χ3n) is 7.65. The van der Waals surface area contributed by atoms with Gasteiger partial charge in [0, 0.05) is 23.7 Å². The van der Waals surface area contributed by atoms with Crippen molar-refractivity contribution in [2.24, 2.45) is 5.73 Å². The number of carboxylic acids is 1. The Bertz CT molecular complexity index is 2100. The Balaban J connectivity index is 1.45. The molecule has 1 unspecified atom stereocenters. The van der Waals surface area contributed by atoms with Gasteiger partial charge >= 0.3 is 5.97 Å². The van der Waals surface area contributed by atoms with Crippen molar-refractivity contribution in [2.45, 2.75) is 32.4 Å². The molecular formula is C37H33F2N5O7. The first kappa shape index (κ1) is 35.6. The summed E-state index contributed by atoms with van der Waals surface area (Å²) in [6.45, 7) is 1.67. The summed E-state index contributed by atoms with van der Waals surface area (Å²) in [7, 11) is 0. The Morgan fingerprint density at radius 2 is 1.59 bits per heavy atom. The van der Waals surface area contributed by atoms with Crippen LogP contribution in [-0.2, 0) is 13.0 Å². The number of nitrogens with one attached hydrogen (secondary N) is 3. The number of pyridine rings is 1. The number of carbonyl (C=O) groups is 2. The van der Waals surface area contributed by atoms with Crippen molar-refractivity contribution < 1.29 is 43.2 Å². The van der Waals surface area contributed by atoms with E-state index in [0.717, 1.165) is 17.7 Å². The fraction of sp³-hybridized carbons (Fsp3) is 0.135. The largest absolute Gasteiger partial charge is 0.504 e. The van der Waals surface area contributed by atoms with Crippen LogP contribution in [0, 0.1) is 17.0 Å². The third-order valence-corrected chi connectivity index (χ3v) is 7.65. The van der Waals surface area contributed by atoms with Crippen molar-refractivity contribution in [3.63, 3.8) is 0 Å². The number of anilines is 1. The molecule has 1 amide bonds. The molecule has 0 saturated carbocycles. The summed E-state index contributed by atoms with van der Waals surface area (Å²) in [5.74, 6) is -7.55. The summed E-state index contributed by atoms with van der Waals surface area (Å²) in [5, 5.41) is 42.3. The number of aromatic carboxylic acids is 1. The molecule has 0 spiro atoms.